The van der Waals surface area contributed by atoms with Gasteiger partial charge in [0.15, 0.2) is 0 Å². The highest BCUT2D eigenvalue weighted by Crippen LogP contribution is 2.42. The molecule has 1 N–H and O–H groups in total. The summed E-state index contributed by atoms with van der Waals surface area (Å²) in [4.78, 5) is 0.122. The number of hydrogen-bond donors (Lipinski definition) is 1. The van der Waals surface area contributed by atoms with Crippen LogP contribution in [0, 0.1) is 5.82 Å². The van der Waals surface area contributed by atoms with E-state index in [0.717, 1.165) is 24.3 Å². The molecule has 0 aromatic heterocycles. The molecule has 1 aliphatic heterocycles. The summed E-state index contributed by atoms with van der Waals surface area (Å²) in [6, 6.07) is 7.42. The summed E-state index contributed by atoms with van der Waals surface area (Å²) in [7, 11) is -4.54. The molecule has 3 rings (SSSR count). The van der Waals surface area contributed by atoms with Gasteiger partial charge in [0.1, 0.15) is 5.82 Å². The highest BCUT2D eigenvalue weighted by Gasteiger charge is 2.41. The average Bonchev–Trinajstić information content (AvgIpc) is 2.61. The van der Waals surface area contributed by atoms with Gasteiger partial charge in [-0.1, -0.05) is 12.1 Å². The molecule has 0 bridgehead atoms. The van der Waals surface area contributed by atoms with Gasteiger partial charge >= 0.3 is 6.18 Å². The van der Waals surface area contributed by atoms with Crippen LogP contribution in [0.3, 0.4) is 0 Å². The number of nitrogens with one attached hydrogen (secondary N) is 1. The SMILES string of the molecule is O=S(=O)(c1cccc(F)c1)c1cccc(N2CCNCC2)c1C(F)(F)F. The average molecular weight is 388 g/mol. The fourth-order valence-electron chi connectivity index (χ4n) is 2.96. The number of piperazine rings is 1. The Hall–Kier alpha value is -2.13. The third-order valence-corrected chi connectivity index (χ3v) is 5.94. The molecular weight excluding hydrogens is 372 g/mol. The Kier molecular flexibility index (Phi) is 4.94. The van der Waals surface area contributed by atoms with Gasteiger partial charge in [-0.15, -0.1) is 0 Å². The zero-order valence-corrected chi connectivity index (χ0v) is 14.4. The van der Waals surface area contributed by atoms with E-state index in [2.05, 4.69) is 5.32 Å². The molecule has 9 heteroatoms. The second-order valence-corrected chi connectivity index (χ2v) is 7.76. The summed E-state index contributed by atoms with van der Waals surface area (Å²) in [5.74, 6) is -0.835. The summed E-state index contributed by atoms with van der Waals surface area (Å²) in [6.45, 7) is 1.65. The maximum atomic E-state index is 13.8. The standard InChI is InChI=1S/C17H16F4N2O2S/c18-12-3-1-4-13(11-12)26(24,25)15-6-2-5-14(16(15)17(19,20)21)23-9-7-22-8-10-23/h1-6,11,22H,7-10H2. The first-order valence-corrected chi connectivity index (χ1v) is 9.36. The summed E-state index contributed by atoms with van der Waals surface area (Å²) in [6.07, 6.45) is -4.88. The molecule has 0 unspecified atom stereocenters. The molecule has 1 saturated heterocycles. The molecule has 0 amide bonds. The molecule has 140 valence electrons. The van der Waals surface area contributed by atoms with Crippen molar-refractivity contribution < 1.29 is 26.0 Å². The Morgan fingerprint density at radius 1 is 1.00 bits per heavy atom. The number of alkyl halides is 3. The predicted octanol–water partition coefficient (Wildman–Crippen LogP) is 3.09. The van der Waals surface area contributed by atoms with Crippen molar-refractivity contribution in [1.29, 1.82) is 0 Å². The molecule has 0 saturated carbocycles. The summed E-state index contributed by atoms with van der Waals surface area (Å²) >= 11 is 0. The van der Waals surface area contributed by atoms with Crippen LogP contribution in [0.25, 0.3) is 0 Å². The highest BCUT2D eigenvalue weighted by molar-refractivity contribution is 7.91. The minimum absolute atomic E-state index is 0.184. The van der Waals surface area contributed by atoms with Gasteiger partial charge in [-0.3, -0.25) is 0 Å². The summed E-state index contributed by atoms with van der Waals surface area (Å²) in [5.41, 5.74) is -1.40. The Balaban J connectivity index is 2.21. The monoisotopic (exact) mass is 388 g/mol. The fourth-order valence-corrected chi connectivity index (χ4v) is 4.48. The molecule has 0 spiro atoms. The Morgan fingerprint density at radius 3 is 2.27 bits per heavy atom. The normalized spacial score (nSPS) is 15.9. The largest absolute Gasteiger partial charge is 0.419 e. The van der Waals surface area contributed by atoms with E-state index in [4.69, 9.17) is 0 Å². The highest BCUT2D eigenvalue weighted by atomic mass is 32.2. The zero-order valence-electron chi connectivity index (χ0n) is 13.6. The van der Waals surface area contributed by atoms with Gasteiger partial charge in [-0.2, -0.15) is 13.2 Å². The van der Waals surface area contributed by atoms with Crippen molar-refractivity contribution in [3.8, 4) is 0 Å². The number of anilines is 1. The van der Waals surface area contributed by atoms with E-state index in [1.54, 1.807) is 0 Å². The summed E-state index contributed by atoms with van der Waals surface area (Å²) < 4.78 is 80.4. The van der Waals surface area contributed by atoms with Crippen molar-refractivity contribution in [2.75, 3.05) is 31.1 Å². The van der Waals surface area contributed by atoms with E-state index in [1.807, 2.05) is 0 Å². The van der Waals surface area contributed by atoms with E-state index in [0.29, 0.717) is 32.2 Å². The number of halogens is 4. The number of hydrogen-bond acceptors (Lipinski definition) is 4. The van der Waals surface area contributed by atoms with Gasteiger partial charge in [-0.05, 0) is 30.3 Å². The van der Waals surface area contributed by atoms with Crippen LogP contribution in [0.4, 0.5) is 23.2 Å². The van der Waals surface area contributed by atoms with Crippen LogP contribution in [-0.2, 0) is 16.0 Å². The first-order valence-electron chi connectivity index (χ1n) is 7.88. The van der Waals surface area contributed by atoms with Crippen molar-refractivity contribution in [2.45, 2.75) is 16.0 Å². The maximum absolute atomic E-state index is 13.8. The molecular formula is C17H16F4N2O2S. The van der Waals surface area contributed by atoms with Crippen molar-refractivity contribution >= 4 is 15.5 Å². The van der Waals surface area contributed by atoms with Crippen LogP contribution in [0.5, 0.6) is 0 Å². The van der Waals surface area contributed by atoms with Crippen molar-refractivity contribution in [3.63, 3.8) is 0 Å². The second-order valence-electron chi connectivity index (χ2n) is 5.85. The molecule has 2 aromatic rings. The molecule has 1 aliphatic rings. The van der Waals surface area contributed by atoms with E-state index < -0.39 is 37.2 Å². The molecule has 2 aromatic carbocycles. The third kappa shape index (κ3) is 3.54. The Labute approximate surface area is 148 Å². The van der Waals surface area contributed by atoms with Crippen LogP contribution in [0.1, 0.15) is 5.56 Å². The van der Waals surface area contributed by atoms with Crippen molar-refractivity contribution in [3.05, 3.63) is 53.8 Å². The van der Waals surface area contributed by atoms with E-state index >= 15 is 0 Å². The van der Waals surface area contributed by atoms with Gasteiger partial charge in [-0.25, -0.2) is 12.8 Å². The van der Waals surface area contributed by atoms with Gasteiger partial charge < -0.3 is 10.2 Å². The minimum atomic E-state index is -4.88. The van der Waals surface area contributed by atoms with Crippen LogP contribution in [-0.4, -0.2) is 34.6 Å². The topological polar surface area (TPSA) is 49.4 Å². The van der Waals surface area contributed by atoms with E-state index in [-0.39, 0.29) is 5.69 Å². The first kappa shape index (κ1) is 18.7. The molecule has 0 atom stereocenters. The number of nitrogens with zero attached hydrogens (tertiary/aromatic N) is 1. The van der Waals surface area contributed by atoms with Gasteiger partial charge in [0, 0.05) is 26.2 Å². The lowest BCUT2D eigenvalue weighted by molar-refractivity contribution is -0.139. The van der Waals surface area contributed by atoms with Gasteiger partial charge in [0.2, 0.25) is 9.84 Å². The van der Waals surface area contributed by atoms with Crippen LogP contribution in [0.2, 0.25) is 0 Å². The number of rotatable bonds is 3. The van der Waals surface area contributed by atoms with Crippen LogP contribution < -0.4 is 10.2 Å². The lowest BCUT2D eigenvalue weighted by Crippen LogP contribution is -2.44. The summed E-state index contributed by atoms with van der Waals surface area (Å²) in [5, 5.41) is 3.04. The zero-order chi connectivity index (χ0) is 18.9. The first-order chi connectivity index (χ1) is 12.2. The minimum Gasteiger partial charge on any atom is -0.368 e. The maximum Gasteiger partial charge on any atom is 0.419 e. The third-order valence-electron chi connectivity index (χ3n) is 4.14. The fraction of sp³-hybridized carbons (Fsp3) is 0.294. The smallest absolute Gasteiger partial charge is 0.368 e. The Morgan fingerprint density at radius 2 is 1.65 bits per heavy atom. The number of benzene rings is 2. The lowest BCUT2D eigenvalue weighted by Gasteiger charge is -2.32. The predicted molar refractivity (Wildman–Crippen MR) is 88.4 cm³/mol. The molecule has 0 aliphatic carbocycles. The number of sulfone groups is 1. The van der Waals surface area contributed by atoms with Crippen molar-refractivity contribution in [1.82, 2.24) is 5.32 Å². The molecule has 26 heavy (non-hydrogen) atoms. The van der Waals surface area contributed by atoms with E-state index in [9.17, 15) is 26.0 Å². The molecule has 0 radical (unpaired) electrons. The van der Waals surface area contributed by atoms with E-state index in [1.165, 1.54) is 17.0 Å². The molecule has 1 heterocycles. The second kappa shape index (κ2) is 6.88. The van der Waals surface area contributed by atoms with Crippen molar-refractivity contribution in [2.24, 2.45) is 0 Å². The van der Waals surface area contributed by atoms with Gasteiger partial charge in [0.25, 0.3) is 0 Å². The molecule has 1 fully saturated rings. The molecule has 4 nitrogen and oxygen atoms in total. The Bertz CT molecular complexity index is 907. The van der Waals surface area contributed by atoms with Crippen LogP contribution in [0.15, 0.2) is 52.3 Å². The van der Waals surface area contributed by atoms with Crippen LogP contribution >= 0.6 is 0 Å². The van der Waals surface area contributed by atoms with Gasteiger partial charge in [0.05, 0.1) is 21.0 Å². The quantitative estimate of drug-likeness (QED) is 0.821. The lowest BCUT2D eigenvalue weighted by atomic mass is 10.1.